The summed E-state index contributed by atoms with van der Waals surface area (Å²) in [4.78, 5) is 37.6. The summed E-state index contributed by atoms with van der Waals surface area (Å²) in [7, 11) is 0. The molecule has 116 valence electrons. The molecule has 0 N–H and O–H groups in total. The number of nitrogens with zero attached hydrogens (tertiary/aromatic N) is 1. The maximum absolute atomic E-state index is 12.5. The minimum Gasteiger partial charge on any atom is -0.410 e. The lowest BCUT2D eigenvalue weighted by molar-refractivity contribution is -0.272. The van der Waals surface area contributed by atoms with Gasteiger partial charge in [0.25, 0.3) is 0 Å². The second-order valence-electron chi connectivity index (χ2n) is 5.47. The summed E-state index contributed by atoms with van der Waals surface area (Å²) in [5.41, 5.74) is 0. The zero-order valence-electron chi connectivity index (χ0n) is 12.5. The molecule has 0 spiro atoms. The van der Waals surface area contributed by atoms with Gasteiger partial charge in [-0.15, -0.1) is 0 Å². The Kier molecular flexibility index (Phi) is 4.46. The van der Waals surface area contributed by atoms with Crippen LogP contribution in [0.25, 0.3) is 0 Å². The van der Waals surface area contributed by atoms with Crippen LogP contribution in [0.1, 0.15) is 39.5 Å². The van der Waals surface area contributed by atoms with Crippen molar-refractivity contribution in [2.45, 2.75) is 45.4 Å². The Balaban J connectivity index is 2.30. The fourth-order valence-electron chi connectivity index (χ4n) is 3.20. The zero-order valence-corrected chi connectivity index (χ0v) is 12.5. The van der Waals surface area contributed by atoms with E-state index < -0.39 is 11.9 Å². The maximum Gasteiger partial charge on any atom is 0.334 e. The van der Waals surface area contributed by atoms with Crippen LogP contribution in [0.2, 0.25) is 0 Å². The predicted octanol–water partition coefficient (Wildman–Crippen LogP) is 1.60. The first kappa shape index (κ1) is 15.7. The molecule has 0 aromatic heterocycles. The van der Waals surface area contributed by atoms with Gasteiger partial charge in [0.05, 0.1) is 18.4 Å². The molecule has 2 aliphatic rings. The van der Waals surface area contributed by atoms with E-state index in [1.807, 2.05) is 0 Å². The SMILES string of the molecule is C=CC(=O)OC(C)(OCC)N1C(=O)C2CCCCC2C1=O. The number of fused-ring (bicyclic) bond motifs is 1. The third kappa shape index (κ3) is 2.72. The number of carbonyl (C=O) groups is 3. The Bertz CT molecular complexity index is 451. The van der Waals surface area contributed by atoms with Crippen molar-refractivity contribution in [1.82, 2.24) is 4.90 Å². The molecule has 1 aliphatic heterocycles. The summed E-state index contributed by atoms with van der Waals surface area (Å²) in [6.07, 6.45) is 4.25. The summed E-state index contributed by atoms with van der Waals surface area (Å²) in [5, 5.41) is 0. The van der Waals surface area contributed by atoms with Crippen LogP contribution in [0.3, 0.4) is 0 Å². The zero-order chi connectivity index (χ0) is 15.6. The molecule has 3 unspecified atom stereocenters. The first-order valence-electron chi connectivity index (χ1n) is 7.32. The van der Waals surface area contributed by atoms with Gasteiger partial charge in [0.2, 0.25) is 11.8 Å². The van der Waals surface area contributed by atoms with Crippen molar-refractivity contribution in [3.05, 3.63) is 12.7 Å². The van der Waals surface area contributed by atoms with Crippen LogP contribution in [0.4, 0.5) is 0 Å². The highest BCUT2D eigenvalue weighted by molar-refractivity contribution is 6.05. The molecule has 1 saturated carbocycles. The number of likely N-dealkylation sites (tertiary alicyclic amines) is 1. The molecule has 1 heterocycles. The summed E-state index contributed by atoms with van der Waals surface area (Å²) in [5.74, 6) is -3.68. The minimum atomic E-state index is -1.70. The molecule has 21 heavy (non-hydrogen) atoms. The fraction of sp³-hybridized carbons (Fsp3) is 0.667. The molecule has 2 amide bonds. The highest BCUT2D eigenvalue weighted by Gasteiger charge is 2.56. The van der Waals surface area contributed by atoms with Crippen molar-refractivity contribution >= 4 is 17.8 Å². The van der Waals surface area contributed by atoms with E-state index in [9.17, 15) is 14.4 Å². The van der Waals surface area contributed by atoms with Crippen LogP contribution < -0.4 is 0 Å². The van der Waals surface area contributed by atoms with Gasteiger partial charge in [-0.3, -0.25) is 9.59 Å². The number of carbonyl (C=O) groups excluding carboxylic acids is 3. The average molecular weight is 295 g/mol. The smallest absolute Gasteiger partial charge is 0.334 e. The molecule has 1 saturated heterocycles. The van der Waals surface area contributed by atoms with Crippen LogP contribution in [-0.2, 0) is 23.9 Å². The lowest BCUT2D eigenvalue weighted by Crippen LogP contribution is -2.54. The van der Waals surface area contributed by atoms with E-state index in [4.69, 9.17) is 9.47 Å². The molecule has 0 radical (unpaired) electrons. The molecule has 0 aromatic rings. The van der Waals surface area contributed by atoms with Crippen molar-refractivity contribution in [2.24, 2.45) is 11.8 Å². The van der Waals surface area contributed by atoms with Gasteiger partial charge >= 0.3 is 11.9 Å². The van der Waals surface area contributed by atoms with Crippen molar-refractivity contribution in [1.29, 1.82) is 0 Å². The third-order valence-corrected chi connectivity index (χ3v) is 4.12. The van der Waals surface area contributed by atoms with Crippen molar-refractivity contribution in [3.63, 3.8) is 0 Å². The lowest BCUT2D eigenvalue weighted by Gasteiger charge is -2.35. The number of ether oxygens (including phenoxy) is 2. The van der Waals surface area contributed by atoms with E-state index in [0.717, 1.165) is 23.8 Å². The molecule has 6 heteroatoms. The van der Waals surface area contributed by atoms with E-state index in [1.165, 1.54) is 6.92 Å². The predicted molar refractivity (Wildman–Crippen MR) is 73.6 cm³/mol. The Hall–Kier alpha value is -1.69. The van der Waals surface area contributed by atoms with E-state index in [1.54, 1.807) is 6.92 Å². The molecule has 2 fully saturated rings. The van der Waals surface area contributed by atoms with Gasteiger partial charge in [-0.1, -0.05) is 19.4 Å². The van der Waals surface area contributed by atoms with Crippen LogP contribution in [0, 0.1) is 11.8 Å². The second-order valence-corrected chi connectivity index (χ2v) is 5.47. The number of hydrogen-bond acceptors (Lipinski definition) is 5. The van der Waals surface area contributed by atoms with Crippen LogP contribution in [0.5, 0.6) is 0 Å². The topological polar surface area (TPSA) is 72.9 Å². The maximum atomic E-state index is 12.5. The number of amides is 2. The molecule has 1 aliphatic carbocycles. The second kappa shape index (κ2) is 5.97. The first-order valence-corrected chi connectivity index (χ1v) is 7.32. The normalized spacial score (nSPS) is 28.0. The van der Waals surface area contributed by atoms with E-state index >= 15 is 0 Å². The standard InChI is InChI=1S/C15H21NO5/c1-4-12(17)21-15(3,20-5-2)16-13(18)10-8-6-7-9-11(10)14(16)19/h4,10-11H,1,5-9H2,2-3H3. The van der Waals surface area contributed by atoms with Gasteiger partial charge in [0.1, 0.15) is 0 Å². The molecule has 6 nitrogen and oxygen atoms in total. The van der Waals surface area contributed by atoms with Crippen molar-refractivity contribution < 1.29 is 23.9 Å². The minimum absolute atomic E-state index is 0.202. The first-order chi connectivity index (χ1) is 9.94. The monoisotopic (exact) mass is 295 g/mol. The van der Waals surface area contributed by atoms with Crippen molar-refractivity contribution in [2.75, 3.05) is 6.61 Å². The molecule has 2 rings (SSSR count). The molecule has 3 atom stereocenters. The number of hydrogen-bond donors (Lipinski definition) is 0. The number of esters is 1. The van der Waals surface area contributed by atoms with Gasteiger partial charge in [-0.2, -0.15) is 0 Å². The Labute approximate surface area is 124 Å². The van der Waals surface area contributed by atoms with E-state index in [-0.39, 0.29) is 30.3 Å². The summed E-state index contributed by atoms with van der Waals surface area (Å²) in [6.45, 7) is 6.65. The quantitative estimate of drug-likeness (QED) is 0.333. The number of rotatable bonds is 5. The number of imide groups is 1. The Morgan fingerprint density at radius 3 is 2.29 bits per heavy atom. The summed E-state index contributed by atoms with van der Waals surface area (Å²) >= 11 is 0. The van der Waals surface area contributed by atoms with Crippen LogP contribution in [-0.4, -0.2) is 35.2 Å². The summed E-state index contributed by atoms with van der Waals surface area (Å²) in [6, 6.07) is 0. The largest absolute Gasteiger partial charge is 0.410 e. The highest BCUT2D eigenvalue weighted by Crippen LogP contribution is 2.41. The van der Waals surface area contributed by atoms with E-state index in [0.29, 0.717) is 12.8 Å². The molecule has 0 bridgehead atoms. The van der Waals surface area contributed by atoms with E-state index in [2.05, 4.69) is 6.58 Å². The Morgan fingerprint density at radius 1 is 1.33 bits per heavy atom. The van der Waals surface area contributed by atoms with Crippen molar-refractivity contribution in [3.8, 4) is 0 Å². The van der Waals surface area contributed by atoms with Gasteiger partial charge < -0.3 is 9.47 Å². The van der Waals surface area contributed by atoms with Gasteiger partial charge in [-0.25, -0.2) is 9.69 Å². The molecular formula is C15H21NO5. The third-order valence-electron chi connectivity index (χ3n) is 4.12. The highest BCUT2D eigenvalue weighted by atomic mass is 16.7. The van der Waals surface area contributed by atoms with Crippen LogP contribution in [0.15, 0.2) is 12.7 Å². The average Bonchev–Trinajstić information content (AvgIpc) is 2.72. The van der Waals surface area contributed by atoms with Gasteiger partial charge in [0, 0.05) is 13.0 Å². The van der Waals surface area contributed by atoms with Gasteiger partial charge in [-0.05, 0) is 19.8 Å². The Morgan fingerprint density at radius 2 is 1.86 bits per heavy atom. The molecular weight excluding hydrogens is 274 g/mol. The summed E-state index contributed by atoms with van der Waals surface area (Å²) < 4.78 is 10.6. The van der Waals surface area contributed by atoms with Crippen LogP contribution >= 0.6 is 0 Å². The van der Waals surface area contributed by atoms with Gasteiger partial charge in [0.15, 0.2) is 0 Å². The fourth-order valence-corrected chi connectivity index (χ4v) is 3.20. The molecule has 0 aromatic carbocycles. The lowest BCUT2D eigenvalue weighted by atomic mass is 9.81.